The fraction of sp³-hybridized carbons (Fsp3) is 0.0476. The Hall–Kier alpha value is -3.98. The highest BCUT2D eigenvalue weighted by molar-refractivity contribution is 7.15. The van der Waals surface area contributed by atoms with Gasteiger partial charge in [-0.2, -0.15) is 0 Å². The smallest absolute Gasteiger partial charge is 0.261 e. The van der Waals surface area contributed by atoms with E-state index in [1.54, 1.807) is 24.3 Å². The van der Waals surface area contributed by atoms with Crippen LogP contribution in [0.25, 0.3) is 11.3 Å². The third-order valence-corrected chi connectivity index (χ3v) is 5.43. The van der Waals surface area contributed by atoms with Crippen LogP contribution >= 0.6 is 11.3 Å². The molecule has 0 fully saturated rings. The third kappa shape index (κ3) is 3.31. The van der Waals surface area contributed by atoms with Crippen LogP contribution in [0.5, 0.6) is 0 Å². The molecule has 0 saturated carbocycles. The van der Waals surface area contributed by atoms with Crippen LogP contribution in [0.1, 0.15) is 25.7 Å². The Balaban J connectivity index is 1.31. The average Bonchev–Trinajstić information content (AvgIpc) is 3.33. The number of rotatable bonds is 5. The molecule has 146 valence electrons. The summed E-state index contributed by atoms with van der Waals surface area (Å²) in [7, 11) is 0. The maximum absolute atomic E-state index is 12.5. The van der Waals surface area contributed by atoms with Gasteiger partial charge in [0.25, 0.3) is 11.8 Å². The molecule has 1 aliphatic rings. The number of nitrogens with one attached hydrogen (secondary N) is 1. The number of hydrogen-bond acceptors (Lipinski definition) is 8. The van der Waals surface area contributed by atoms with Gasteiger partial charge >= 0.3 is 0 Å². The summed E-state index contributed by atoms with van der Waals surface area (Å²) in [5.41, 5.74) is 2.59. The van der Waals surface area contributed by atoms with Gasteiger partial charge in [-0.3, -0.25) is 14.5 Å². The van der Waals surface area contributed by atoms with Crippen molar-refractivity contribution in [3.05, 3.63) is 83.1 Å². The molecule has 0 atom stereocenters. The maximum atomic E-state index is 12.5. The highest BCUT2D eigenvalue weighted by Gasteiger charge is 2.35. The SMILES string of the molecule is O=C1c2ccccc2C(=O)N1Cc1nnc(Nc2cc(-c3ccccc3)ncn2)s1. The van der Waals surface area contributed by atoms with Crippen LogP contribution in [0.15, 0.2) is 67.0 Å². The Labute approximate surface area is 175 Å². The van der Waals surface area contributed by atoms with E-state index in [4.69, 9.17) is 0 Å². The fourth-order valence-electron chi connectivity index (χ4n) is 3.19. The summed E-state index contributed by atoms with van der Waals surface area (Å²) >= 11 is 1.26. The van der Waals surface area contributed by atoms with E-state index in [-0.39, 0.29) is 18.4 Å². The Morgan fingerprint density at radius 2 is 1.57 bits per heavy atom. The third-order valence-electron chi connectivity index (χ3n) is 4.61. The van der Waals surface area contributed by atoms with Gasteiger partial charge in [-0.1, -0.05) is 53.8 Å². The summed E-state index contributed by atoms with van der Waals surface area (Å²) < 4.78 is 0. The van der Waals surface area contributed by atoms with E-state index >= 15 is 0 Å². The number of benzene rings is 2. The molecule has 9 heteroatoms. The van der Waals surface area contributed by atoms with Crippen LogP contribution in [-0.4, -0.2) is 36.9 Å². The van der Waals surface area contributed by atoms with Crippen LogP contribution < -0.4 is 5.32 Å². The Bertz CT molecular complexity index is 1220. The first-order valence-corrected chi connectivity index (χ1v) is 9.93. The second kappa shape index (κ2) is 7.45. The first-order chi connectivity index (χ1) is 14.7. The molecule has 30 heavy (non-hydrogen) atoms. The molecule has 0 saturated heterocycles. The van der Waals surface area contributed by atoms with Gasteiger partial charge < -0.3 is 5.32 Å². The highest BCUT2D eigenvalue weighted by Crippen LogP contribution is 2.27. The topological polar surface area (TPSA) is 101 Å². The molecule has 2 aromatic heterocycles. The minimum absolute atomic E-state index is 0.0741. The number of hydrogen-bond donors (Lipinski definition) is 1. The van der Waals surface area contributed by atoms with Gasteiger partial charge in [0.15, 0.2) is 0 Å². The zero-order chi connectivity index (χ0) is 20.5. The predicted octanol–water partition coefficient (Wildman–Crippen LogP) is 3.53. The van der Waals surface area contributed by atoms with Gasteiger partial charge in [0.2, 0.25) is 5.13 Å². The molecular formula is C21H14N6O2S. The number of carbonyl (C=O) groups excluding carboxylic acids is 2. The molecule has 0 unspecified atom stereocenters. The zero-order valence-electron chi connectivity index (χ0n) is 15.5. The second-order valence-electron chi connectivity index (χ2n) is 6.52. The van der Waals surface area contributed by atoms with Crippen molar-refractivity contribution in [1.29, 1.82) is 0 Å². The lowest BCUT2D eigenvalue weighted by atomic mass is 10.1. The van der Waals surface area contributed by atoms with E-state index in [0.717, 1.165) is 11.3 Å². The minimum atomic E-state index is -0.316. The van der Waals surface area contributed by atoms with E-state index in [1.165, 1.54) is 22.6 Å². The van der Waals surface area contributed by atoms with E-state index < -0.39 is 0 Å². The average molecular weight is 414 g/mol. The fourth-order valence-corrected chi connectivity index (χ4v) is 3.92. The van der Waals surface area contributed by atoms with Crippen molar-refractivity contribution in [3.8, 4) is 11.3 Å². The zero-order valence-corrected chi connectivity index (χ0v) is 16.3. The first-order valence-electron chi connectivity index (χ1n) is 9.11. The van der Waals surface area contributed by atoms with E-state index in [9.17, 15) is 9.59 Å². The number of nitrogens with zero attached hydrogens (tertiary/aromatic N) is 5. The van der Waals surface area contributed by atoms with Gasteiger partial charge in [0.05, 0.1) is 23.4 Å². The molecule has 2 aromatic carbocycles. The van der Waals surface area contributed by atoms with E-state index in [2.05, 4.69) is 25.5 Å². The number of amides is 2. The number of imide groups is 1. The van der Waals surface area contributed by atoms with Gasteiger partial charge in [-0.05, 0) is 12.1 Å². The number of fused-ring (bicyclic) bond motifs is 1. The van der Waals surface area contributed by atoms with Gasteiger partial charge in [0, 0.05) is 11.6 Å². The largest absolute Gasteiger partial charge is 0.315 e. The lowest BCUT2D eigenvalue weighted by molar-refractivity contribution is 0.0642. The Morgan fingerprint density at radius 1 is 0.867 bits per heavy atom. The van der Waals surface area contributed by atoms with Crippen molar-refractivity contribution < 1.29 is 9.59 Å². The monoisotopic (exact) mass is 414 g/mol. The van der Waals surface area contributed by atoms with Crippen molar-refractivity contribution in [1.82, 2.24) is 25.1 Å². The van der Waals surface area contributed by atoms with Gasteiger partial charge in [-0.25, -0.2) is 9.97 Å². The molecular weight excluding hydrogens is 400 g/mol. The lowest BCUT2D eigenvalue weighted by Crippen LogP contribution is -2.29. The molecule has 1 aliphatic heterocycles. The summed E-state index contributed by atoms with van der Waals surface area (Å²) in [5.74, 6) is -0.0560. The van der Waals surface area contributed by atoms with Crippen LogP contribution in [0.2, 0.25) is 0 Å². The normalized spacial score (nSPS) is 12.9. The Kier molecular flexibility index (Phi) is 4.49. The summed E-state index contributed by atoms with van der Waals surface area (Å²) in [5, 5.41) is 12.4. The predicted molar refractivity (Wildman–Crippen MR) is 111 cm³/mol. The Morgan fingerprint density at radius 3 is 2.30 bits per heavy atom. The van der Waals surface area contributed by atoms with Crippen molar-refractivity contribution in [3.63, 3.8) is 0 Å². The standard InChI is InChI=1S/C21H14N6O2S/c28-19-14-8-4-5-9-15(14)20(29)27(19)11-18-25-26-21(30-18)24-17-10-16(22-12-23-17)13-6-2-1-3-7-13/h1-10,12H,11H2,(H,22,23,24,26). The van der Waals surface area contributed by atoms with Crippen LogP contribution in [0, 0.1) is 0 Å². The van der Waals surface area contributed by atoms with Crippen molar-refractivity contribution in [2.75, 3.05) is 5.32 Å². The molecule has 1 N–H and O–H groups in total. The molecule has 4 aromatic rings. The molecule has 0 radical (unpaired) electrons. The van der Waals surface area contributed by atoms with Crippen molar-refractivity contribution >= 4 is 34.1 Å². The molecule has 2 amide bonds. The number of carbonyl (C=O) groups is 2. The lowest BCUT2D eigenvalue weighted by Gasteiger charge is -2.10. The molecule has 5 rings (SSSR count). The van der Waals surface area contributed by atoms with Crippen LogP contribution in [0.4, 0.5) is 10.9 Å². The summed E-state index contributed by atoms with van der Waals surface area (Å²) in [4.78, 5) is 34.7. The second-order valence-corrected chi connectivity index (χ2v) is 7.58. The first kappa shape index (κ1) is 18.1. The molecule has 3 heterocycles. The van der Waals surface area contributed by atoms with Gasteiger partial charge in [-0.15, -0.1) is 10.2 Å². The molecule has 0 bridgehead atoms. The number of anilines is 2. The maximum Gasteiger partial charge on any atom is 0.261 e. The van der Waals surface area contributed by atoms with Crippen LogP contribution in [0.3, 0.4) is 0 Å². The van der Waals surface area contributed by atoms with Crippen LogP contribution in [-0.2, 0) is 6.54 Å². The van der Waals surface area contributed by atoms with Gasteiger partial charge in [0.1, 0.15) is 17.2 Å². The summed E-state index contributed by atoms with van der Waals surface area (Å²) in [6.45, 7) is 0.0741. The van der Waals surface area contributed by atoms with E-state index in [0.29, 0.717) is 27.1 Å². The van der Waals surface area contributed by atoms with Crippen molar-refractivity contribution in [2.45, 2.75) is 6.54 Å². The quantitative estimate of drug-likeness (QED) is 0.499. The highest BCUT2D eigenvalue weighted by atomic mass is 32.1. The number of aromatic nitrogens is 4. The molecule has 0 aliphatic carbocycles. The summed E-state index contributed by atoms with van der Waals surface area (Å²) in [6.07, 6.45) is 1.48. The summed E-state index contributed by atoms with van der Waals surface area (Å²) in [6, 6.07) is 18.4. The molecule has 8 nitrogen and oxygen atoms in total. The van der Waals surface area contributed by atoms with Crippen molar-refractivity contribution in [2.24, 2.45) is 0 Å². The van der Waals surface area contributed by atoms with E-state index in [1.807, 2.05) is 36.4 Å². The molecule has 0 spiro atoms. The minimum Gasteiger partial charge on any atom is -0.315 e.